The van der Waals surface area contributed by atoms with Crippen LogP contribution in [0, 0.1) is 0 Å². The summed E-state index contributed by atoms with van der Waals surface area (Å²) in [7, 11) is 6.85. The van der Waals surface area contributed by atoms with E-state index in [0.717, 1.165) is 35.1 Å². The summed E-state index contributed by atoms with van der Waals surface area (Å²) in [6.07, 6.45) is 2.22. The van der Waals surface area contributed by atoms with Gasteiger partial charge >= 0.3 is 0 Å². The molecule has 4 heterocycles. The van der Waals surface area contributed by atoms with E-state index in [9.17, 15) is 9.90 Å². The summed E-state index contributed by atoms with van der Waals surface area (Å²) in [6, 6.07) is 9.05. The van der Waals surface area contributed by atoms with E-state index in [1.54, 1.807) is 21.3 Å². The molecule has 8 nitrogen and oxygen atoms in total. The number of ether oxygens (including phenoxy) is 4. The molecular weight excluding hydrogens is 448 g/mol. The highest BCUT2D eigenvalue weighted by atomic mass is 16.7. The van der Waals surface area contributed by atoms with Gasteiger partial charge in [-0.25, -0.2) is 0 Å². The molecule has 2 bridgehead atoms. The summed E-state index contributed by atoms with van der Waals surface area (Å²) in [5.41, 5.74) is 3.94. The van der Waals surface area contributed by atoms with E-state index < -0.39 is 6.04 Å². The van der Waals surface area contributed by atoms with Crippen LogP contribution in [0.5, 0.6) is 17.2 Å². The fourth-order valence-electron chi connectivity index (χ4n) is 6.18. The first-order valence-electron chi connectivity index (χ1n) is 12.0. The molecule has 35 heavy (non-hydrogen) atoms. The molecule has 0 spiro atoms. The van der Waals surface area contributed by atoms with Crippen LogP contribution >= 0.6 is 0 Å². The van der Waals surface area contributed by atoms with E-state index in [-0.39, 0.29) is 36.9 Å². The summed E-state index contributed by atoms with van der Waals surface area (Å²) < 4.78 is 22.1. The maximum absolute atomic E-state index is 14.1. The third-order valence-corrected chi connectivity index (χ3v) is 8.22. The van der Waals surface area contributed by atoms with Gasteiger partial charge in [-0.05, 0) is 79.8 Å². The first-order valence-corrected chi connectivity index (χ1v) is 12.0. The highest BCUT2D eigenvalue weighted by Gasteiger charge is 2.56. The highest BCUT2D eigenvalue weighted by molar-refractivity contribution is 5.85. The largest absolute Gasteiger partial charge is 0.493 e. The standard InChI is InChI=1S/C27H34N2O6/c1-27-13-22(28(27)2)26(31)29-21(19-11-24(33-4)25(34-5)12-20(19)27)9-7-16-6-8-17(35-15-32-3)10-18(16)23(29)14-30/h6,8,10-12,21-23,30H,7,9,13-15H2,1-5H3. The van der Waals surface area contributed by atoms with Crippen LogP contribution in [0.4, 0.5) is 0 Å². The van der Waals surface area contributed by atoms with Crippen molar-refractivity contribution in [3.8, 4) is 17.2 Å². The Morgan fingerprint density at radius 3 is 2.46 bits per heavy atom. The van der Waals surface area contributed by atoms with Gasteiger partial charge in [-0.1, -0.05) is 6.07 Å². The zero-order valence-electron chi connectivity index (χ0n) is 21.0. The Labute approximate surface area is 206 Å². The number of hydrogen-bond acceptors (Lipinski definition) is 7. The Morgan fingerprint density at radius 2 is 1.80 bits per heavy atom. The lowest BCUT2D eigenvalue weighted by Gasteiger charge is -2.59. The summed E-state index contributed by atoms with van der Waals surface area (Å²) in [4.78, 5) is 18.1. The average molecular weight is 483 g/mol. The first kappa shape index (κ1) is 23.9. The number of hydrogen-bond donors (Lipinski definition) is 1. The van der Waals surface area contributed by atoms with Crippen molar-refractivity contribution >= 4 is 5.91 Å². The molecule has 4 atom stereocenters. The molecule has 4 aliphatic rings. The maximum Gasteiger partial charge on any atom is 0.241 e. The summed E-state index contributed by atoms with van der Waals surface area (Å²) in [5, 5.41) is 10.7. The minimum absolute atomic E-state index is 0.0468. The zero-order valence-corrected chi connectivity index (χ0v) is 21.0. The van der Waals surface area contributed by atoms with Crippen LogP contribution in [0.25, 0.3) is 0 Å². The normalized spacial score (nSPS) is 27.4. The van der Waals surface area contributed by atoms with Crippen molar-refractivity contribution in [3.05, 3.63) is 52.6 Å². The molecule has 0 radical (unpaired) electrons. The van der Waals surface area contributed by atoms with Gasteiger partial charge < -0.3 is 29.0 Å². The van der Waals surface area contributed by atoms with Gasteiger partial charge in [0.15, 0.2) is 18.3 Å². The smallest absolute Gasteiger partial charge is 0.241 e. The van der Waals surface area contributed by atoms with Gasteiger partial charge in [0, 0.05) is 12.6 Å². The van der Waals surface area contributed by atoms with Gasteiger partial charge in [-0.3, -0.25) is 9.69 Å². The summed E-state index contributed by atoms with van der Waals surface area (Å²) in [5.74, 6) is 2.02. The third-order valence-electron chi connectivity index (χ3n) is 8.22. The molecule has 8 heteroatoms. The van der Waals surface area contributed by atoms with E-state index in [2.05, 4.69) is 17.9 Å². The second-order valence-corrected chi connectivity index (χ2v) is 9.81. The number of carbonyl (C=O) groups is 1. The summed E-state index contributed by atoms with van der Waals surface area (Å²) in [6.45, 7) is 2.14. The molecule has 0 saturated carbocycles. The molecule has 1 amide bonds. The van der Waals surface area contributed by atoms with Gasteiger partial charge in [0.25, 0.3) is 0 Å². The average Bonchev–Trinajstić information content (AvgIpc) is 3.04. The number of amides is 1. The molecule has 0 aliphatic carbocycles. The van der Waals surface area contributed by atoms with Crippen LogP contribution in [0.2, 0.25) is 0 Å². The predicted molar refractivity (Wildman–Crippen MR) is 130 cm³/mol. The number of fused-ring (bicyclic) bond motifs is 1. The van der Waals surface area contributed by atoms with Crippen LogP contribution in [0.3, 0.4) is 0 Å². The molecule has 2 aromatic rings. The molecule has 1 fully saturated rings. The number of nitrogens with zero attached hydrogens (tertiary/aromatic N) is 2. The number of likely N-dealkylation sites (N-methyl/N-ethyl adjacent to an activating group) is 1. The van der Waals surface area contributed by atoms with E-state index in [0.29, 0.717) is 23.7 Å². The minimum Gasteiger partial charge on any atom is -0.493 e. The zero-order chi connectivity index (χ0) is 24.9. The van der Waals surface area contributed by atoms with Gasteiger partial charge in [0.05, 0.1) is 39.0 Å². The number of benzene rings is 2. The number of methoxy groups -OCH3 is 3. The van der Waals surface area contributed by atoms with Crippen molar-refractivity contribution in [2.75, 3.05) is 41.8 Å². The molecule has 1 saturated heterocycles. The molecule has 6 rings (SSSR count). The molecule has 1 N–H and O–H groups in total. The Hall–Kier alpha value is -2.81. The Balaban J connectivity index is 1.69. The molecule has 0 aromatic heterocycles. The van der Waals surface area contributed by atoms with Crippen molar-refractivity contribution < 1.29 is 28.8 Å². The number of aliphatic hydroxyl groups excluding tert-OH is 1. The molecule has 188 valence electrons. The van der Waals surface area contributed by atoms with Crippen molar-refractivity contribution in [1.29, 1.82) is 0 Å². The fourth-order valence-corrected chi connectivity index (χ4v) is 6.18. The van der Waals surface area contributed by atoms with Gasteiger partial charge in [0.1, 0.15) is 5.75 Å². The topological polar surface area (TPSA) is 80.7 Å². The molecule has 4 aliphatic heterocycles. The van der Waals surface area contributed by atoms with Gasteiger partial charge in [-0.15, -0.1) is 0 Å². The van der Waals surface area contributed by atoms with E-state index >= 15 is 0 Å². The lowest BCUT2D eigenvalue weighted by molar-refractivity contribution is -0.161. The monoisotopic (exact) mass is 482 g/mol. The van der Waals surface area contributed by atoms with E-state index in [1.807, 2.05) is 36.2 Å². The van der Waals surface area contributed by atoms with Crippen LogP contribution < -0.4 is 14.2 Å². The van der Waals surface area contributed by atoms with Crippen molar-refractivity contribution in [1.82, 2.24) is 9.80 Å². The quantitative estimate of drug-likeness (QED) is 0.634. The van der Waals surface area contributed by atoms with Crippen LogP contribution in [-0.2, 0) is 21.5 Å². The van der Waals surface area contributed by atoms with Gasteiger partial charge in [-0.2, -0.15) is 0 Å². The second kappa shape index (κ2) is 9.00. The Bertz CT molecular complexity index is 1140. The number of rotatable bonds is 6. The number of aliphatic hydroxyl groups is 1. The third kappa shape index (κ3) is 3.58. The van der Waals surface area contributed by atoms with E-state index in [1.165, 1.54) is 0 Å². The van der Waals surface area contributed by atoms with Crippen LogP contribution in [-0.4, -0.2) is 68.6 Å². The summed E-state index contributed by atoms with van der Waals surface area (Å²) >= 11 is 0. The molecular formula is C27H34N2O6. The highest BCUT2D eigenvalue weighted by Crippen LogP contribution is 2.54. The Kier molecular flexibility index (Phi) is 6.15. The van der Waals surface area contributed by atoms with E-state index in [4.69, 9.17) is 18.9 Å². The van der Waals surface area contributed by atoms with Crippen molar-refractivity contribution in [2.45, 2.75) is 49.9 Å². The molecule has 4 unspecified atom stereocenters. The van der Waals surface area contributed by atoms with Crippen LogP contribution in [0.15, 0.2) is 30.3 Å². The van der Waals surface area contributed by atoms with Gasteiger partial charge in [0.2, 0.25) is 5.91 Å². The maximum atomic E-state index is 14.1. The Morgan fingerprint density at radius 1 is 1.06 bits per heavy atom. The lowest BCUT2D eigenvalue weighted by atomic mass is 9.70. The first-order chi connectivity index (χ1) is 16.9. The second-order valence-electron chi connectivity index (χ2n) is 9.81. The minimum atomic E-state index is -0.490. The van der Waals surface area contributed by atoms with Crippen molar-refractivity contribution in [2.24, 2.45) is 0 Å². The van der Waals surface area contributed by atoms with Crippen LogP contribution in [0.1, 0.15) is 54.1 Å². The lowest BCUT2D eigenvalue weighted by Crippen LogP contribution is -2.67. The predicted octanol–water partition coefficient (Wildman–Crippen LogP) is 3.17. The molecule has 2 aromatic carbocycles. The SMILES string of the molecule is COCOc1ccc2c(c1)C(CO)N1C(=O)C3CC(C)(c4cc(OC)c(OC)cc4C1CC2)N3C. The number of aryl methyl sites for hydroxylation is 1. The van der Waals surface area contributed by atoms with Crippen molar-refractivity contribution in [3.63, 3.8) is 0 Å². The number of carbonyl (C=O) groups excluding carboxylic acids is 1. The fraction of sp³-hybridized carbons (Fsp3) is 0.519.